The van der Waals surface area contributed by atoms with Gasteiger partial charge in [0, 0.05) is 25.2 Å². The van der Waals surface area contributed by atoms with Crippen molar-refractivity contribution in [3.8, 4) is 12.3 Å². The highest BCUT2D eigenvalue weighted by Crippen LogP contribution is 2.29. The van der Waals surface area contributed by atoms with Crippen molar-refractivity contribution in [1.29, 1.82) is 0 Å². The van der Waals surface area contributed by atoms with Crippen LogP contribution in [0.25, 0.3) is 0 Å². The number of hydrogen-bond acceptors (Lipinski definition) is 2. The number of likely N-dealkylation sites (tertiary alicyclic amines) is 2. The standard InChI is InChI=1S/C10H16N2/c1-3-5-12-8-9-6-10(12)7-11(9)4-2/h1,9-10H,4-8H2,2H3. The lowest BCUT2D eigenvalue weighted by Crippen LogP contribution is -2.46. The van der Waals surface area contributed by atoms with Gasteiger partial charge in [0.1, 0.15) is 0 Å². The van der Waals surface area contributed by atoms with Crippen molar-refractivity contribution in [2.75, 3.05) is 26.2 Å². The van der Waals surface area contributed by atoms with Gasteiger partial charge < -0.3 is 0 Å². The van der Waals surface area contributed by atoms with E-state index in [1.165, 1.54) is 26.1 Å². The first kappa shape index (κ1) is 8.10. The first-order valence-electron chi connectivity index (χ1n) is 4.76. The Labute approximate surface area is 74.5 Å². The van der Waals surface area contributed by atoms with E-state index in [1.807, 2.05) is 0 Å². The zero-order chi connectivity index (χ0) is 8.55. The second-order valence-electron chi connectivity index (χ2n) is 3.76. The van der Waals surface area contributed by atoms with Crippen LogP contribution in [0.3, 0.4) is 0 Å². The highest BCUT2D eigenvalue weighted by atomic mass is 15.3. The minimum atomic E-state index is 0.756. The highest BCUT2D eigenvalue weighted by Gasteiger charge is 2.41. The van der Waals surface area contributed by atoms with Crippen LogP contribution in [0.15, 0.2) is 0 Å². The van der Waals surface area contributed by atoms with Crippen molar-refractivity contribution >= 4 is 0 Å². The maximum Gasteiger partial charge on any atom is 0.0602 e. The summed E-state index contributed by atoms with van der Waals surface area (Å²) >= 11 is 0. The first-order chi connectivity index (χ1) is 5.85. The van der Waals surface area contributed by atoms with Gasteiger partial charge in [0.05, 0.1) is 6.54 Å². The van der Waals surface area contributed by atoms with Gasteiger partial charge in [0.2, 0.25) is 0 Å². The Kier molecular flexibility index (Phi) is 2.08. The number of terminal acetylenes is 1. The molecular weight excluding hydrogens is 148 g/mol. The maximum absolute atomic E-state index is 5.30. The molecule has 2 unspecified atom stereocenters. The molecule has 0 aromatic heterocycles. The Morgan fingerprint density at radius 2 is 2.00 bits per heavy atom. The van der Waals surface area contributed by atoms with Gasteiger partial charge in [-0.25, -0.2) is 0 Å². The second-order valence-corrected chi connectivity index (χ2v) is 3.76. The molecule has 2 heterocycles. The largest absolute Gasteiger partial charge is 0.298 e. The van der Waals surface area contributed by atoms with Gasteiger partial charge >= 0.3 is 0 Å². The Balaban J connectivity index is 1.95. The topological polar surface area (TPSA) is 6.48 Å². The quantitative estimate of drug-likeness (QED) is 0.545. The highest BCUT2D eigenvalue weighted by molar-refractivity contribution is 5.03. The normalized spacial score (nSPS) is 35.7. The first-order valence-corrected chi connectivity index (χ1v) is 4.76. The van der Waals surface area contributed by atoms with Crippen LogP contribution < -0.4 is 0 Å². The van der Waals surface area contributed by atoms with Crippen LogP contribution in [-0.4, -0.2) is 48.1 Å². The average molecular weight is 164 g/mol. The van der Waals surface area contributed by atoms with E-state index in [0.717, 1.165) is 18.6 Å². The minimum Gasteiger partial charge on any atom is -0.298 e. The minimum absolute atomic E-state index is 0.756. The molecule has 2 bridgehead atoms. The van der Waals surface area contributed by atoms with Crippen LogP contribution in [0.4, 0.5) is 0 Å². The summed E-state index contributed by atoms with van der Waals surface area (Å²) in [6.07, 6.45) is 6.64. The predicted octanol–water partition coefficient (Wildman–Crippen LogP) is 0.398. The summed E-state index contributed by atoms with van der Waals surface area (Å²) in [6, 6.07) is 1.55. The number of likely N-dealkylation sites (N-methyl/N-ethyl adjacent to an activating group) is 1. The average Bonchev–Trinajstić information content (AvgIpc) is 2.62. The van der Waals surface area contributed by atoms with Crippen LogP contribution in [0.5, 0.6) is 0 Å². The Morgan fingerprint density at radius 3 is 2.50 bits per heavy atom. The lowest BCUT2D eigenvalue weighted by atomic mass is 10.2. The molecule has 12 heavy (non-hydrogen) atoms. The smallest absolute Gasteiger partial charge is 0.0602 e. The zero-order valence-corrected chi connectivity index (χ0v) is 7.66. The fourth-order valence-electron chi connectivity index (χ4n) is 2.53. The molecular formula is C10H16N2. The van der Waals surface area contributed by atoms with Crippen molar-refractivity contribution in [2.24, 2.45) is 0 Å². The second kappa shape index (κ2) is 3.08. The zero-order valence-electron chi connectivity index (χ0n) is 7.66. The Hall–Kier alpha value is -0.520. The van der Waals surface area contributed by atoms with Crippen LogP contribution in [0, 0.1) is 12.3 Å². The third-order valence-electron chi connectivity index (χ3n) is 3.17. The molecule has 2 aliphatic rings. The van der Waals surface area contributed by atoms with Crippen molar-refractivity contribution in [1.82, 2.24) is 9.80 Å². The van der Waals surface area contributed by atoms with Crippen molar-refractivity contribution in [3.63, 3.8) is 0 Å². The molecule has 2 heteroatoms. The number of nitrogens with zero attached hydrogens (tertiary/aromatic N) is 2. The lowest BCUT2D eigenvalue weighted by molar-refractivity contribution is 0.145. The summed E-state index contributed by atoms with van der Waals surface area (Å²) in [5, 5.41) is 0. The molecule has 0 aromatic carbocycles. The van der Waals surface area contributed by atoms with Gasteiger partial charge in [-0.3, -0.25) is 9.80 Å². The molecule has 2 rings (SSSR count). The van der Waals surface area contributed by atoms with E-state index in [2.05, 4.69) is 22.6 Å². The molecule has 0 spiro atoms. The van der Waals surface area contributed by atoms with Gasteiger partial charge in [0.25, 0.3) is 0 Å². The van der Waals surface area contributed by atoms with Crippen LogP contribution in [0.1, 0.15) is 13.3 Å². The molecule has 2 atom stereocenters. The molecule has 0 aliphatic carbocycles. The molecule has 0 amide bonds. The number of piperazine rings is 1. The van der Waals surface area contributed by atoms with Gasteiger partial charge in [0.15, 0.2) is 0 Å². The summed E-state index contributed by atoms with van der Waals surface area (Å²) < 4.78 is 0. The van der Waals surface area contributed by atoms with Crippen molar-refractivity contribution < 1.29 is 0 Å². The fraction of sp³-hybridized carbons (Fsp3) is 0.800. The Bertz CT molecular complexity index is 206. The van der Waals surface area contributed by atoms with E-state index in [0.29, 0.717) is 0 Å². The van der Waals surface area contributed by atoms with Gasteiger partial charge in [-0.05, 0) is 13.0 Å². The van der Waals surface area contributed by atoms with Crippen molar-refractivity contribution in [3.05, 3.63) is 0 Å². The maximum atomic E-state index is 5.30. The summed E-state index contributed by atoms with van der Waals surface area (Å²) in [5.74, 6) is 2.73. The summed E-state index contributed by atoms with van der Waals surface area (Å²) in [5.41, 5.74) is 0. The number of hydrogen-bond donors (Lipinski definition) is 0. The monoisotopic (exact) mass is 164 g/mol. The van der Waals surface area contributed by atoms with E-state index in [-0.39, 0.29) is 0 Å². The van der Waals surface area contributed by atoms with Gasteiger partial charge in [-0.15, -0.1) is 6.42 Å². The lowest BCUT2D eigenvalue weighted by Gasteiger charge is -2.32. The summed E-state index contributed by atoms with van der Waals surface area (Å²) in [4.78, 5) is 5.01. The fourth-order valence-corrected chi connectivity index (χ4v) is 2.53. The van der Waals surface area contributed by atoms with E-state index >= 15 is 0 Å². The predicted molar refractivity (Wildman–Crippen MR) is 49.8 cm³/mol. The molecule has 2 nitrogen and oxygen atoms in total. The van der Waals surface area contributed by atoms with Gasteiger partial charge in [-0.1, -0.05) is 12.8 Å². The molecule has 0 N–H and O–H groups in total. The van der Waals surface area contributed by atoms with Gasteiger partial charge in [-0.2, -0.15) is 0 Å². The number of rotatable bonds is 2. The molecule has 2 fully saturated rings. The molecule has 0 saturated carbocycles. The van der Waals surface area contributed by atoms with Crippen LogP contribution >= 0.6 is 0 Å². The molecule has 0 aromatic rings. The molecule has 2 aliphatic heterocycles. The van der Waals surface area contributed by atoms with Crippen LogP contribution in [0.2, 0.25) is 0 Å². The van der Waals surface area contributed by atoms with Crippen molar-refractivity contribution in [2.45, 2.75) is 25.4 Å². The van der Waals surface area contributed by atoms with E-state index in [4.69, 9.17) is 6.42 Å². The molecule has 66 valence electrons. The Morgan fingerprint density at radius 1 is 1.33 bits per heavy atom. The SMILES string of the molecule is C#CCN1CC2CC1CN2CC. The van der Waals surface area contributed by atoms with Crippen LogP contribution in [-0.2, 0) is 0 Å². The summed E-state index contributed by atoms with van der Waals surface area (Å²) in [6.45, 7) is 6.72. The van der Waals surface area contributed by atoms with E-state index < -0.39 is 0 Å². The number of fused-ring (bicyclic) bond motifs is 2. The third kappa shape index (κ3) is 1.14. The summed E-state index contributed by atoms with van der Waals surface area (Å²) in [7, 11) is 0. The molecule has 0 radical (unpaired) electrons. The third-order valence-corrected chi connectivity index (χ3v) is 3.17. The van der Waals surface area contributed by atoms with E-state index in [9.17, 15) is 0 Å². The van der Waals surface area contributed by atoms with E-state index in [1.54, 1.807) is 0 Å². The molecule has 2 saturated heterocycles.